The molecule has 6 heteroatoms. The maximum atomic E-state index is 13.8. The molecule has 1 aromatic rings. The molecule has 0 aliphatic carbocycles. The van der Waals surface area contributed by atoms with Gasteiger partial charge in [0, 0.05) is 31.2 Å². The molecule has 0 saturated carbocycles. The van der Waals surface area contributed by atoms with Crippen LogP contribution in [-0.4, -0.2) is 37.1 Å². The van der Waals surface area contributed by atoms with Gasteiger partial charge in [-0.3, -0.25) is 4.90 Å². The van der Waals surface area contributed by atoms with E-state index >= 15 is 0 Å². The van der Waals surface area contributed by atoms with E-state index in [1.54, 1.807) is 0 Å². The minimum absolute atomic E-state index is 0.00257. The summed E-state index contributed by atoms with van der Waals surface area (Å²) >= 11 is 2.86. The number of nitrogen functional groups attached to an aromatic ring is 1. The summed E-state index contributed by atoms with van der Waals surface area (Å²) in [5.74, 6) is -1.35. The van der Waals surface area contributed by atoms with Crippen LogP contribution in [0.25, 0.3) is 0 Å². The number of anilines is 2. The molecule has 0 amide bonds. The molecule has 19 heavy (non-hydrogen) atoms. The third-order valence-corrected chi connectivity index (χ3v) is 4.61. The highest BCUT2D eigenvalue weighted by atomic mass is 79.9. The predicted molar refractivity (Wildman–Crippen MR) is 77.4 cm³/mol. The summed E-state index contributed by atoms with van der Waals surface area (Å²) in [6.45, 7) is 5.58. The van der Waals surface area contributed by atoms with Gasteiger partial charge in [0.05, 0.1) is 15.8 Å². The summed E-state index contributed by atoms with van der Waals surface area (Å²) in [5, 5.41) is 0. The third-order valence-electron chi connectivity index (χ3n) is 3.88. The van der Waals surface area contributed by atoms with Crippen LogP contribution in [0.15, 0.2) is 10.5 Å². The Balaban J connectivity index is 2.38. The van der Waals surface area contributed by atoms with E-state index in [0.717, 1.165) is 0 Å². The lowest BCUT2D eigenvalue weighted by Crippen LogP contribution is -2.55. The molecule has 3 nitrogen and oxygen atoms in total. The molecule has 1 aromatic carbocycles. The molecule has 0 radical (unpaired) electrons. The molecule has 0 spiro atoms. The number of hydrogen-bond acceptors (Lipinski definition) is 3. The van der Waals surface area contributed by atoms with E-state index in [1.807, 2.05) is 4.90 Å². The van der Waals surface area contributed by atoms with Gasteiger partial charge >= 0.3 is 0 Å². The Labute approximate surface area is 120 Å². The van der Waals surface area contributed by atoms with Crippen LogP contribution in [-0.2, 0) is 0 Å². The normalized spacial score (nSPS) is 24.8. The summed E-state index contributed by atoms with van der Waals surface area (Å²) < 4.78 is 27.3. The fraction of sp³-hybridized carbons (Fsp3) is 0.538. The van der Waals surface area contributed by atoms with E-state index in [1.165, 1.54) is 6.07 Å². The molecule has 1 aliphatic heterocycles. The van der Waals surface area contributed by atoms with Crippen molar-refractivity contribution in [2.24, 2.45) is 0 Å². The summed E-state index contributed by atoms with van der Waals surface area (Å²) in [5.41, 5.74) is 6.21. The van der Waals surface area contributed by atoms with Gasteiger partial charge in [0.2, 0.25) is 0 Å². The molecule has 0 bridgehead atoms. The number of halogens is 3. The summed E-state index contributed by atoms with van der Waals surface area (Å²) in [7, 11) is 2.05. The van der Waals surface area contributed by atoms with Crippen LogP contribution in [0.1, 0.15) is 13.8 Å². The number of rotatable bonds is 1. The molecule has 2 rings (SSSR count). The minimum Gasteiger partial charge on any atom is -0.395 e. The van der Waals surface area contributed by atoms with Gasteiger partial charge in [-0.25, -0.2) is 8.78 Å². The zero-order valence-corrected chi connectivity index (χ0v) is 12.8. The topological polar surface area (TPSA) is 32.5 Å². The molecule has 2 N–H and O–H groups in total. The molecular weight excluding hydrogens is 316 g/mol. The Morgan fingerprint density at radius 3 is 2.32 bits per heavy atom. The van der Waals surface area contributed by atoms with Crippen LogP contribution in [0.5, 0.6) is 0 Å². The molecule has 1 saturated heterocycles. The molecule has 106 valence electrons. The van der Waals surface area contributed by atoms with Crippen LogP contribution in [0.3, 0.4) is 0 Å². The van der Waals surface area contributed by atoms with E-state index in [4.69, 9.17) is 5.73 Å². The van der Waals surface area contributed by atoms with Crippen molar-refractivity contribution in [1.29, 1.82) is 0 Å². The van der Waals surface area contributed by atoms with Crippen molar-refractivity contribution < 1.29 is 8.78 Å². The summed E-state index contributed by atoms with van der Waals surface area (Å²) in [4.78, 5) is 4.20. The second-order valence-corrected chi connectivity index (χ2v) is 5.98. The van der Waals surface area contributed by atoms with Crippen molar-refractivity contribution in [2.75, 3.05) is 30.8 Å². The van der Waals surface area contributed by atoms with Crippen molar-refractivity contribution in [2.45, 2.75) is 25.9 Å². The van der Waals surface area contributed by atoms with Gasteiger partial charge in [-0.15, -0.1) is 0 Å². The zero-order chi connectivity index (χ0) is 14.3. The molecule has 1 fully saturated rings. The largest absolute Gasteiger partial charge is 0.395 e. The SMILES string of the molecule is C[C@@H]1CN(c2cc(F)c(Br)c(F)c2N)C[C@H](C)N1C. The number of hydrogen-bond donors (Lipinski definition) is 1. The lowest BCUT2D eigenvalue weighted by atomic mass is 10.1. The van der Waals surface area contributed by atoms with Gasteiger partial charge in [0.15, 0.2) is 5.82 Å². The first-order chi connectivity index (χ1) is 8.82. The second-order valence-electron chi connectivity index (χ2n) is 5.19. The molecule has 0 unspecified atom stereocenters. The number of benzene rings is 1. The number of nitrogens with zero attached hydrogens (tertiary/aromatic N) is 2. The van der Waals surface area contributed by atoms with Crippen molar-refractivity contribution in [1.82, 2.24) is 4.90 Å². The summed E-state index contributed by atoms with van der Waals surface area (Å²) in [6.07, 6.45) is 0. The van der Waals surface area contributed by atoms with Gasteiger partial charge in [-0.05, 0) is 36.8 Å². The lowest BCUT2D eigenvalue weighted by molar-refractivity contribution is 0.170. The van der Waals surface area contributed by atoms with Crippen LogP contribution in [0.4, 0.5) is 20.2 Å². The van der Waals surface area contributed by atoms with Crippen molar-refractivity contribution in [3.8, 4) is 0 Å². The predicted octanol–water partition coefficient (Wildman–Crippen LogP) is 2.84. The quantitative estimate of drug-likeness (QED) is 0.633. The van der Waals surface area contributed by atoms with E-state index in [9.17, 15) is 8.78 Å². The second kappa shape index (κ2) is 5.25. The van der Waals surface area contributed by atoms with Crippen molar-refractivity contribution in [3.05, 3.63) is 22.2 Å². The molecule has 2 atom stereocenters. The van der Waals surface area contributed by atoms with Crippen molar-refractivity contribution >= 4 is 27.3 Å². The third kappa shape index (κ3) is 2.56. The van der Waals surface area contributed by atoms with E-state index in [2.05, 4.69) is 41.7 Å². The zero-order valence-electron chi connectivity index (χ0n) is 11.3. The van der Waals surface area contributed by atoms with Crippen LogP contribution in [0.2, 0.25) is 0 Å². The van der Waals surface area contributed by atoms with Crippen LogP contribution >= 0.6 is 15.9 Å². The van der Waals surface area contributed by atoms with Gasteiger partial charge < -0.3 is 10.6 Å². The number of nitrogens with two attached hydrogens (primary N) is 1. The van der Waals surface area contributed by atoms with Gasteiger partial charge in [0.25, 0.3) is 0 Å². The van der Waals surface area contributed by atoms with Crippen LogP contribution in [0, 0.1) is 11.6 Å². The maximum Gasteiger partial charge on any atom is 0.165 e. The minimum atomic E-state index is -0.728. The highest BCUT2D eigenvalue weighted by Gasteiger charge is 2.29. The Morgan fingerprint density at radius 1 is 1.26 bits per heavy atom. The number of likely N-dealkylation sites (N-methyl/N-ethyl adjacent to an activating group) is 1. The monoisotopic (exact) mass is 333 g/mol. The maximum absolute atomic E-state index is 13.8. The summed E-state index contributed by atoms with van der Waals surface area (Å²) in [6, 6.07) is 1.91. The van der Waals surface area contributed by atoms with Gasteiger partial charge in [-0.2, -0.15) is 0 Å². The fourth-order valence-corrected chi connectivity index (χ4v) is 2.79. The Kier molecular flexibility index (Phi) is 4.01. The highest BCUT2D eigenvalue weighted by molar-refractivity contribution is 9.10. The highest BCUT2D eigenvalue weighted by Crippen LogP contribution is 2.34. The van der Waals surface area contributed by atoms with E-state index in [0.29, 0.717) is 30.9 Å². The standard InChI is InChI=1S/C13H18BrF2N3/c1-7-5-19(6-8(2)18(7)3)10-4-9(15)11(14)12(16)13(10)17/h4,7-8H,5-6,17H2,1-3H3/t7-,8+. The molecule has 1 heterocycles. The first kappa shape index (κ1) is 14.5. The molecular formula is C13H18BrF2N3. The Hall–Kier alpha value is -0.880. The average molecular weight is 334 g/mol. The molecule has 0 aromatic heterocycles. The molecule has 1 aliphatic rings. The van der Waals surface area contributed by atoms with Gasteiger partial charge in [-0.1, -0.05) is 0 Å². The average Bonchev–Trinajstić information content (AvgIpc) is 2.37. The fourth-order valence-electron chi connectivity index (χ4n) is 2.46. The number of piperazine rings is 1. The Morgan fingerprint density at radius 2 is 1.79 bits per heavy atom. The van der Waals surface area contributed by atoms with E-state index < -0.39 is 11.6 Å². The smallest absolute Gasteiger partial charge is 0.165 e. The first-order valence-electron chi connectivity index (χ1n) is 6.22. The first-order valence-corrected chi connectivity index (χ1v) is 7.02. The Bertz CT molecular complexity index is 483. The van der Waals surface area contributed by atoms with Gasteiger partial charge in [0.1, 0.15) is 5.82 Å². The van der Waals surface area contributed by atoms with Crippen LogP contribution < -0.4 is 10.6 Å². The van der Waals surface area contributed by atoms with Crippen molar-refractivity contribution in [3.63, 3.8) is 0 Å². The lowest BCUT2D eigenvalue weighted by Gasteiger charge is -2.43. The van der Waals surface area contributed by atoms with E-state index in [-0.39, 0.29) is 10.2 Å².